The molecule has 7 heteroatoms. The number of aromatic nitrogens is 5. The van der Waals surface area contributed by atoms with Crippen molar-refractivity contribution >= 4 is 51.4 Å². The number of allylic oxidation sites excluding steroid dienone is 1. The molecule has 48 heavy (non-hydrogen) atoms. The quantitative estimate of drug-likeness (QED) is 0.164. The van der Waals surface area contributed by atoms with E-state index < -0.39 is 0 Å². The van der Waals surface area contributed by atoms with Crippen molar-refractivity contribution in [2.75, 3.05) is 0 Å². The SMILES string of the molecule is C/B=C\c1c(/C=C\C)c2ccccc2n1-c1ccc(-c2nc3cc(-c4nc(-c5ccccc5)nc(-c5ccccc5)n4)ccc3s2)cc1. The van der Waals surface area contributed by atoms with Crippen molar-refractivity contribution in [1.82, 2.24) is 24.5 Å². The molecule has 0 aliphatic heterocycles. The van der Waals surface area contributed by atoms with Gasteiger partial charge in [0.15, 0.2) is 17.5 Å². The van der Waals surface area contributed by atoms with Gasteiger partial charge in [-0.2, -0.15) is 0 Å². The Morgan fingerprint density at radius 1 is 0.625 bits per heavy atom. The van der Waals surface area contributed by atoms with Crippen LogP contribution in [0.4, 0.5) is 0 Å². The Kier molecular flexibility index (Phi) is 7.88. The molecule has 0 bridgehead atoms. The molecule has 5 aromatic carbocycles. The minimum absolute atomic E-state index is 0.622. The van der Waals surface area contributed by atoms with Gasteiger partial charge < -0.3 is 0 Å². The monoisotopic (exact) mass is 635 g/mol. The number of rotatable bonds is 7. The van der Waals surface area contributed by atoms with Crippen LogP contribution in [0.1, 0.15) is 18.2 Å². The Morgan fingerprint density at radius 2 is 1.23 bits per heavy atom. The standard InChI is InChI=1S/C41H30BN5S/c1-3-12-32-33-17-10-11-18-35(33)47(36(32)26-42-2)31-22-19-29(20-23-31)41-43-34-25-30(21-24-37(34)48-41)40-45-38(27-13-6-4-7-14-27)44-39(46-40)28-15-8-5-9-16-28/h3-26H,1-2H3/b12-3-. The summed E-state index contributed by atoms with van der Waals surface area (Å²) in [4.78, 5) is 19.7. The van der Waals surface area contributed by atoms with Gasteiger partial charge in [0.25, 0.3) is 0 Å². The summed E-state index contributed by atoms with van der Waals surface area (Å²) in [7, 11) is 0. The van der Waals surface area contributed by atoms with Crippen LogP contribution in [-0.4, -0.2) is 37.4 Å². The maximum absolute atomic E-state index is 5.08. The molecule has 0 radical (unpaired) electrons. The number of hydrogen-bond acceptors (Lipinski definition) is 5. The van der Waals surface area contributed by atoms with Gasteiger partial charge in [0.1, 0.15) is 0 Å². The van der Waals surface area contributed by atoms with E-state index in [0.717, 1.165) is 43.2 Å². The molecule has 0 N–H and O–H groups in total. The normalized spacial score (nSPS) is 11.6. The number of para-hydroxylation sites is 1. The van der Waals surface area contributed by atoms with Crippen LogP contribution in [0.5, 0.6) is 0 Å². The molecule has 0 spiro atoms. The summed E-state index contributed by atoms with van der Waals surface area (Å²) in [6.07, 6.45) is 4.30. The number of thiazole rings is 1. The van der Waals surface area contributed by atoms with Crippen molar-refractivity contribution in [3.63, 3.8) is 0 Å². The van der Waals surface area contributed by atoms with E-state index in [9.17, 15) is 0 Å². The molecule has 0 unspecified atom stereocenters. The molecule has 5 nitrogen and oxygen atoms in total. The van der Waals surface area contributed by atoms with Gasteiger partial charge in [-0.15, -0.1) is 0 Å². The van der Waals surface area contributed by atoms with Crippen molar-refractivity contribution in [3.8, 4) is 50.4 Å². The van der Waals surface area contributed by atoms with E-state index in [1.165, 1.54) is 22.2 Å². The van der Waals surface area contributed by atoms with Crippen LogP contribution in [0, 0.1) is 0 Å². The molecule has 0 fully saturated rings. The van der Waals surface area contributed by atoms with E-state index in [0.29, 0.717) is 17.5 Å². The Labute approximate surface area is 283 Å². The zero-order valence-electron chi connectivity index (χ0n) is 26.6. The van der Waals surface area contributed by atoms with Gasteiger partial charge in [-0.1, -0.05) is 60.7 Å². The van der Waals surface area contributed by atoms with Crippen LogP contribution < -0.4 is 0 Å². The van der Waals surface area contributed by atoms with Gasteiger partial charge >= 0.3 is 181 Å². The van der Waals surface area contributed by atoms with Gasteiger partial charge in [0.05, 0.1) is 0 Å². The summed E-state index contributed by atoms with van der Waals surface area (Å²) in [5.74, 6) is 4.10. The molecule has 228 valence electrons. The van der Waals surface area contributed by atoms with Gasteiger partial charge in [0, 0.05) is 11.1 Å². The second kappa shape index (κ2) is 12.8. The average Bonchev–Trinajstić information content (AvgIpc) is 3.71. The molecule has 0 amide bonds. The van der Waals surface area contributed by atoms with E-state index in [2.05, 4.69) is 110 Å². The fourth-order valence-corrected chi connectivity index (χ4v) is 7.06. The van der Waals surface area contributed by atoms with E-state index in [1.807, 2.05) is 60.7 Å². The Balaban J connectivity index is 1.17. The van der Waals surface area contributed by atoms with E-state index >= 15 is 0 Å². The first kappa shape index (κ1) is 29.6. The van der Waals surface area contributed by atoms with Crippen LogP contribution >= 0.6 is 11.3 Å². The molecule has 0 saturated heterocycles. The van der Waals surface area contributed by atoms with Crippen molar-refractivity contribution in [1.29, 1.82) is 0 Å². The first-order valence-electron chi connectivity index (χ1n) is 16.0. The van der Waals surface area contributed by atoms with Crippen LogP contribution in [0.15, 0.2) is 133 Å². The fourth-order valence-electron chi connectivity index (χ4n) is 6.11. The predicted octanol–water partition coefficient (Wildman–Crippen LogP) is 10.0. The summed E-state index contributed by atoms with van der Waals surface area (Å²) in [6.45, 7) is 6.23. The van der Waals surface area contributed by atoms with Crippen LogP contribution in [0.3, 0.4) is 0 Å². The predicted molar refractivity (Wildman–Crippen MR) is 203 cm³/mol. The van der Waals surface area contributed by atoms with Gasteiger partial charge in [-0.3, -0.25) is 0 Å². The second-order valence-electron chi connectivity index (χ2n) is 11.4. The Hall–Kier alpha value is -5.79. The number of fused-ring (bicyclic) bond motifs is 2. The number of hydrogen-bond donors (Lipinski definition) is 0. The summed E-state index contributed by atoms with van der Waals surface area (Å²) >= 11 is 1.69. The van der Waals surface area contributed by atoms with Crippen molar-refractivity contribution in [3.05, 3.63) is 145 Å². The third-order valence-corrected chi connectivity index (χ3v) is 9.41. The molecule has 0 aliphatic rings. The molecule has 0 aliphatic carbocycles. The molecule has 8 aromatic rings. The van der Waals surface area contributed by atoms with Crippen LogP contribution in [-0.2, 0) is 0 Å². The van der Waals surface area contributed by atoms with Gasteiger partial charge in [0.2, 0.25) is 0 Å². The van der Waals surface area contributed by atoms with E-state index in [4.69, 9.17) is 19.9 Å². The van der Waals surface area contributed by atoms with Gasteiger partial charge in [-0.05, 0) is 0 Å². The van der Waals surface area contributed by atoms with Gasteiger partial charge in [-0.25, -0.2) is 15.0 Å². The minimum atomic E-state index is 0.622. The first-order valence-corrected chi connectivity index (χ1v) is 16.8. The fraction of sp³-hybridized carbons (Fsp3) is 0.0488. The number of nitrogens with zero attached hydrogens (tertiary/aromatic N) is 5. The van der Waals surface area contributed by atoms with Crippen molar-refractivity contribution in [2.24, 2.45) is 0 Å². The van der Waals surface area contributed by atoms with E-state index in [1.54, 1.807) is 11.3 Å². The Morgan fingerprint density at radius 3 is 1.88 bits per heavy atom. The summed E-state index contributed by atoms with van der Waals surface area (Å²) in [5, 5.41) is 2.21. The summed E-state index contributed by atoms with van der Waals surface area (Å²) in [6, 6.07) is 43.7. The second-order valence-corrected chi connectivity index (χ2v) is 12.5. The van der Waals surface area contributed by atoms with E-state index in [-0.39, 0.29) is 0 Å². The Bertz CT molecular complexity index is 2400. The number of benzene rings is 5. The maximum atomic E-state index is 5.08. The van der Waals surface area contributed by atoms with Crippen molar-refractivity contribution < 1.29 is 0 Å². The molecule has 3 heterocycles. The molecule has 0 saturated carbocycles. The third-order valence-electron chi connectivity index (χ3n) is 8.33. The molecular formula is C41H30BN5S. The molecule has 0 atom stereocenters. The average molecular weight is 636 g/mol. The molecular weight excluding hydrogens is 605 g/mol. The topological polar surface area (TPSA) is 56.5 Å². The molecule has 8 rings (SSSR count). The third kappa shape index (κ3) is 5.48. The summed E-state index contributed by atoms with van der Waals surface area (Å²) in [5.41, 5.74) is 9.48. The van der Waals surface area contributed by atoms with Crippen LogP contribution in [0.2, 0.25) is 6.82 Å². The molecule has 3 aromatic heterocycles. The zero-order valence-corrected chi connectivity index (χ0v) is 27.4. The van der Waals surface area contributed by atoms with Crippen molar-refractivity contribution in [2.45, 2.75) is 13.7 Å². The first-order chi connectivity index (χ1) is 23.7. The van der Waals surface area contributed by atoms with Crippen LogP contribution in [0.25, 0.3) is 77.6 Å². The summed E-state index contributed by atoms with van der Waals surface area (Å²) < 4.78 is 3.45. The zero-order chi connectivity index (χ0) is 32.5.